The lowest BCUT2D eigenvalue weighted by molar-refractivity contribution is -0.384. The molecule has 2 aromatic carbocycles. The largest absolute Gasteiger partial charge is 0.497 e. The molecule has 5 rings (SSSR count). The predicted molar refractivity (Wildman–Crippen MR) is 131 cm³/mol. The number of hydrogen-bond donors (Lipinski definition) is 1. The Hall–Kier alpha value is -4.14. The van der Waals surface area contributed by atoms with Crippen LogP contribution in [0.25, 0.3) is 0 Å². The van der Waals surface area contributed by atoms with Gasteiger partial charge in [0.1, 0.15) is 11.4 Å². The Labute approximate surface area is 202 Å². The minimum Gasteiger partial charge on any atom is -0.497 e. The maximum Gasteiger partial charge on any atom is 0.293 e. The van der Waals surface area contributed by atoms with E-state index in [4.69, 9.17) is 4.74 Å². The number of methoxy groups -OCH3 is 1. The summed E-state index contributed by atoms with van der Waals surface area (Å²) in [5, 5.41) is 14.9. The molecule has 1 saturated heterocycles. The maximum atomic E-state index is 13.3. The number of nitro benzene ring substituents is 1. The zero-order chi connectivity index (χ0) is 24.5. The zero-order valence-electron chi connectivity index (χ0n) is 19.3. The Morgan fingerprint density at radius 3 is 2.69 bits per heavy atom. The summed E-state index contributed by atoms with van der Waals surface area (Å²) in [6.07, 6.45) is 1.60. The summed E-state index contributed by atoms with van der Waals surface area (Å²) in [4.78, 5) is 38.8. The molecule has 9 heteroatoms. The molecule has 35 heavy (non-hydrogen) atoms. The third kappa shape index (κ3) is 4.49. The predicted octanol–water partition coefficient (Wildman–Crippen LogP) is 3.64. The summed E-state index contributed by atoms with van der Waals surface area (Å²) in [5.74, 6) is 0.745. The van der Waals surface area contributed by atoms with Crippen molar-refractivity contribution in [3.05, 3.63) is 98.0 Å². The number of piperidine rings is 1. The molecule has 1 aromatic heterocycles. The first-order valence-electron chi connectivity index (χ1n) is 11.6. The fraction of sp³-hybridized carbons (Fsp3) is 0.308. The van der Waals surface area contributed by atoms with Crippen LogP contribution in [0, 0.1) is 16.0 Å². The second kappa shape index (κ2) is 9.25. The molecule has 0 saturated carbocycles. The van der Waals surface area contributed by atoms with Crippen molar-refractivity contribution in [1.29, 1.82) is 0 Å². The monoisotopic (exact) mass is 474 g/mol. The number of pyridine rings is 1. The van der Waals surface area contributed by atoms with Crippen molar-refractivity contribution in [3.63, 3.8) is 0 Å². The van der Waals surface area contributed by atoms with Gasteiger partial charge in [0.15, 0.2) is 0 Å². The van der Waals surface area contributed by atoms with Crippen molar-refractivity contribution in [2.75, 3.05) is 25.5 Å². The van der Waals surface area contributed by atoms with Gasteiger partial charge in [-0.2, -0.15) is 0 Å². The lowest BCUT2D eigenvalue weighted by Crippen LogP contribution is -2.50. The van der Waals surface area contributed by atoms with Crippen LogP contribution in [0.15, 0.2) is 65.5 Å². The minimum absolute atomic E-state index is 0.0526. The smallest absolute Gasteiger partial charge is 0.293 e. The van der Waals surface area contributed by atoms with Gasteiger partial charge in [0, 0.05) is 43.0 Å². The van der Waals surface area contributed by atoms with Gasteiger partial charge in [-0.25, -0.2) is 0 Å². The van der Waals surface area contributed by atoms with Crippen LogP contribution >= 0.6 is 0 Å². The van der Waals surface area contributed by atoms with E-state index in [-0.39, 0.29) is 34.7 Å². The molecule has 2 atom stereocenters. The van der Waals surface area contributed by atoms with Crippen molar-refractivity contribution >= 4 is 17.3 Å². The number of carbonyl (C=O) groups is 1. The van der Waals surface area contributed by atoms with Crippen LogP contribution in [-0.2, 0) is 13.0 Å². The third-order valence-corrected chi connectivity index (χ3v) is 6.82. The van der Waals surface area contributed by atoms with Crippen molar-refractivity contribution in [1.82, 2.24) is 9.47 Å². The highest BCUT2D eigenvalue weighted by Crippen LogP contribution is 2.34. The Morgan fingerprint density at radius 1 is 1.14 bits per heavy atom. The van der Waals surface area contributed by atoms with E-state index in [0.29, 0.717) is 25.3 Å². The number of fused-ring (bicyclic) bond motifs is 4. The van der Waals surface area contributed by atoms with Crippen LogP contribution in [0.3, 0.4) is 0 Å². The number of aromatic nitrogens is 1. The van der Waals surface area contributed by atoms with Crippen LogP contribution in [0.1, 0.15) is 34.1 Å². The van der Waals surface area contributed by atoms with E-state index < -0.39 is 4.92 Å². The molecule has 0 radical (unpaired) electrons. The third-order valence-electron chi connectivity index (χ3n) is 6.82. The van der Waals surface area contributed by atoms with Crippen molar-refractivity contribution in [3.8, 4) is 5.75 Å². The minimum atomic E-state index is -0.478. The van der Waals surface area contributed by atoms with Crippen LogP contribution in [0.2, 0.25) is 0 Å². The molecular weight excluding hydrogens is 448 g/mol. The SMILES string of the molecule is COc1ccc(CNc2ccc(C(=O)N3CC4Cc5cccc(=O)n5C(C4)C3)cc2[N+](=O)[O-])cc1. The summed E-state index contributed by atoms with van der Waals surface area (Å²) in [6, 6.07) is 17.2. The van der Waals surface area contributed by atoms with E-state index in [1.807, 2.05) is 30.3 Å². The topological polar surface area (TPSA) is 107 Å². The molecule has 0 spiro atoms. The van der Waals surface area contributed by atoms with Crippen LogP contribution in [-0.4, -0.2) is 40.5 Å². The number of benzene rings is 2. The number of rotatable bonds is 6. The quantitative estimate of drug-likeness (QED) is 0.432. The summed E-state index contributed by atoms with van der Waals surface area (Å²) >= 11 is 0. The molecular formula is C26H26N4O5. The van der Waals surface area contributed by atoms with E-state index in [1.165, 1.54) is 6.07 Å². The molecule has 1 amide bonds. The lowest BCUT2D eigenvalue weighted by atomic mass is 9.85. The molecule has 3 heterocycles. The van der Waals surface area contributed by atoms with Crippen LogP contribution in [0.5, 0.6) is 5.75 Å². The molecule has 1 N–H and O–H groups in total. The van der Waals surface area contributed by atoms with E-state index in [2.05, 4.69) is 5.32 Å². The van der Waals surface area contributed by atoms with Crippen molar-refractivity contribution < 1.29 is 14.5 Å². The maximum absolute atomic E-state index is 13.3. The molecule has 2 aliphatic heterocycles. The standard InChI is InChI=1S/C26H26N4O5/c1-35-22-8-5-17(6-9-22)14-27-23-10-7-19(13-24(23)30(33)34)26(32)28-15-18-11-20-3-2-4-25(31)29(20)21(12-18)16-28/h2-10,13,18,21,27H,11-12,14-16H2,1H3. The average Bonchev–Trinajstić information content (AvgIpc) is 2.86. The number of likely N-dealkylation sites (tertiary alicyclic amines) is 1. The number of amides is 1. The van der Waals surface area contributed by atoms with Gasteiger partial charge in [-0.05, 0) is 54.7 Å². The first kappa shape index (κ1) is 22.6. The Kier molecular flexibility index (Phi) is 5.98. The molecule has 0 aliphatic carbocycles. The average molecular weight is 475 g/mol. The number of ether oxygens (including phenoxy) is 1. The second-order valence-corrected chi connectivity index (χ2v) is 9.09. The highest BCUT2D eigenvalue weighted by atomic mass is 16.6. The summed E-state index contributed by atoms with van der Waals surface area (Å²) < 4.78 is 6.95. The van der Waals surface area contributed by atoms with Crippen molar-refractivity contribution in [2.45, 2.75) is 25.4 Å². The molecule has 9 nitrogen and oxygen atoms in total. The second-order valence-electron chi connectivity index (χ2n) is 9.09. The lowest BCUT2D eigenvalue weighted by Gasteiger charge is -2.43. The Bertz CT molecular complexity index is 1330. The number of hydrogen-bond acceptors (Lipinski definition) is 6. The van der Waals surface area contributed by atoms with Gasteiger partial charge in [-0.15, -0.1) is 0 Å². The highest BCUT2D eigenvalue weighted by Gasteiger charge is 2.36. The number of carbonyl (C=O) groups excluding carboxylic acids is 1. The van der Waals surface area contributed by atoms with E-state index in [1.54, 1.807) is 40.8 Å². The van der Waals surface area contributed by atoms with E-state index in [9.17, 15) is 19.7 Å². The molecule has 1 fully saturated rings. The molecule has 2 aliphatic rings. The first-order chi connectivity index (χ1) is 16.9. The molecule has 2 unspecified atom stereocenters. The highest BCUT2D eigenvalue weighted by molar-refractivity contribution is 5.96. The van der Waals surface area contributed by atoms with Gasteiger partial charge in [-0.1, -0.05) is 18.2 Å². The van der Waals surface area contributed by atoms with Gasteiger partial charge in [-0.3, -0.25) is 19.7 Å². The van der Waals surface area contributed by atoms with Gasteiger partial charge in [0.25, 0.3) is 17.2 Å². The van der Waals surface area contributed by atoms with Crippen molar-refractivity contribution in [2.24, 2.45) is 5.92 Å². The number of nitrogens with one attached hydrogen (secondary N) is 1. The molecule has 180 valence electrons. The fourth-order valence-corrected chi connectivity index (χ4v) is 5.18. The number of nitrogens with zero attached hydrogens (tertiary/aromatic N) is 3. The van der Waals surface area contributed by atoms with Gasteiger partial charge in [0.2, 0.25) is 0 Å². The Morgan fingerprint density at radius 2 is 1.94 bits per heavy atom. The van der Waals surface area contributed by atoms with Gasteiger partial charge >= 0.3 is 0 Å². The fourth-order valence-electron chi connectivity index (χ4n) is 5.18. The number of nitro groups is 1. The summed E-state index contributed by atoms with van der Waals surface area (Å²) in [5.41, 5.74) is 2.36. The van der Waals surface area contributed by atoms with E-state index >= 15 is 0 Å². The molecule has 2 bridgehead atoms. The van der Waals surface area contributed by atoms with E-state index in [0.717, 1.165) is 29.8 Å². The molecule has 3 aromatic rings. The normalized spacial score (nSPS) is 18.5. The Balaban J connectivity index is 1.34. The van der Waals surface area contributed by atoms with Crippen LogP contribution in [0.4, 0.5) is 11.4 Å². The summed E-state index contributed by atoms with van der Waals surface area (Å²) in [7, 11) is 1.59. The van der Waals surface area contributed by atoms with Gasteiger partial charge < -0.3 is 19.5 Å². The number of anilines is 1. The van der Waals surface area contributed by atoms with Crippen LogP contribution < -0.4 is 15.6 Å². The first-order valence-corrected chi connectivity index (χ1v) is 11.6. The summed E-state index contributed by atoms with van der Waals surface area (Å²) in [6.45, 7) is 1.38. The van der Waals surface area contributed by atoms with Gasteiger partial charge in [0.05, 0.1) is 18.1 Å². The zero-order valence-corrected chi connectivity index (χ0v) is 19.3.